The van der Waals surface area contributed by atoms with Crippen molar-refractivity contribution in [1.82, 2.24) is 0 Å². The van der Waals surface area contributed by atoms with Crippen LogP contribution >= 0.6 is 11.8 Å². The number of carbonyl (C=O) groups is 2. The summed E-state index contributed by atoms with van der Waals surface area (Å²) in [5.41, 5.74) is 9.14. The number of nitrogens with one attached hydrogen (secondary N) is 1. The Morgan fingerprint density at radius 1 is 1.08 bits per heavy atom. The van der Waals surface area contributed by atoms with Crippen LogP contribution in [0.25, 0.3) is 0 Å². The number of benzene rings is 2. The van der Waals surface area contributed by atoms with Gasteiger partial charge in [-0.05, 0) is 73.7 Å². The third-order valence-corrected chi connectivity index (χ3v) is 5.28. The van der Waals surface area contributed by atoms with Gasteiger partial charge < -0.3 is 11.1 Å². The largest absolute Gasteiger partial charge is 0.366 e. The minimum Gasteiger partial charge on any atom is -0.366 e. The average Bonchev–Trinajstić information content (AvgIpc) is 3.03. The minimum absolute atomic E-state index is 0.0627. The molecule has 3 N–H and O–H groups in total. The Bertz CT molecular complexity index is 771. The molecule has 0 bridgehead atoms. The second-order valence-corrected chi connectivity index (χ2v) is 7.39. The van der Waals surface area contributed by atoms with Crippen LogP contribution in [0.1, 0.15) is 34.8 Å². The van der Waals surface area contributed by atoms with Crippen molar-refractivity contribution in [1.29, 1.82) is 0 Å². The summed E-state index contributed by atoms with van der Waals surface area (Å²) in [7, 11) is 0. The van der Waals surface area contributed by atoms with E-state index in [1.807, 2.05) is 6.92 Å². The molecule has 0 spiro atoms. The summed E-state index contributed by atoms with van der Waals surface area (Å²) >= 11 is 1.56. The second-order valence-electron chi connectivity index (χ2n) is 5.98. The van der Waals surface area contributed by atoms with E-state index >= 15 is 0 Å². The fraction of sp³-hybridized carbons (Fsp3) is 0.263. The average molecular weight is 340 g/mol. The van der Waals surface area contributed by atoms with Gasteiger partial charge in [0, 0.05) is 16.1 Å². The van der Waals surface area contributed by atoms with Gasteiger partial charge in [0.25, 0.3) is 0 Å². The van der Waals surface area contributed by atoms with Crippen LogP contribution < -0.4 is 11.1 Å². The van der Waals surface area contributed by atoms with Crippen molar-refractivity contribution in [3.8, 4) is 0 Å². The highest BCUT2D eigenvalue weighted by molar-refractivity contribution is 8.00. The smallest absolute Gasteiger partial charge is 0.248 e. The van der Waals surface area contributed by atoms with Gasteiger partial charge in [0.15, 0.2) is 0 Å². The number of amides is 2. The molecule has 5 heteroatoms. The Morgan fingerprint density at radius 2 is 1.79 bits per heavy atom. The van der Waals surface area contributed by atoms with Gasteiger partial charge in [-0.15, -0.1) is 11.8 Å². The van der Waals surface area contributed by atoms with E-state index in [4.69, 9.17) is 5.73 Å². The molecule has 1 aliphatic rings. The van der Waals surface area contributed by atoms with Crippen molar-refractivity contribution in [3.05, 3.63) is 59.2 Å². The quantitative estimate of drug-likeness (QED) is 0.820. The van der Waals surface area contributed by atoms with E-state index in [1.54, 1.807) is 36.0 Å². The standard InChI is InChI=1S/C19H20N2O2S/c1-12(24-17-10-7-13-3-2-4-15(13)11-17)19(23)21-16-8-5-14(6-9-16)18(20)22/h5-12H,2-4H2,1H3,(H2,20,22)(H,21,23)/t12-/m1/s1. The van der Waals surface area contributed by atoms with E-state index in [0.717, 1.165) is 17.7 Å². The SMILES string of the molecule is C[C@@H](Sc1ccc2c(c1)CCC2)C(=O)Nc1ccc(C(N)=O)cc1. The van der Waals surface area contributed by atoms with Gasteiger partial charge >= 0.3 is 0 Å². The molecule has 0 fully saturated rings. The Kier molecular flexibility index (Phi) is 4.90. The maximum Gasteiger partial charge on any atom is 0.248 e. The Labute approximate surface area is 145 Å². The maximum absolute atomic E-state index is 12.3. The van der Waals surface area contributed by atoms with Crippen molar-refractivity contribution in [2.75, 3.05) is 5.32 Å². The van der Waals surface area contributed by atoms with Gasteiger partial charge in [-0.2, -0.15) is 0 Å². The normalized spacial score (nSPS) is 14.0. The van der Waals surface area contributed by atoms with E-state index in [-0.39, 0.29) is 11.2 Å². The summed E-state index contributed by atoms with van der Waals surface area (Å²) in [6, 6.07) is 13.1. The minimum atomic E-state index is -0.478. The first kappa shape index (κ1) is 16.6. The number of hydrogen-bond donors (Lipinski definition) is 2. The van der Waals surface area contributed by atoms with Gasteiger partial charge in [-0.3, -0.25) is 9.59 Å². The first-order valence-corrected chi connectivity index (χ1v) is 8.90. The molecule has 0 saturated carbocycles. The van der Waals surface area contributed by atoms with Crippen LogP contribution in [-0.2, 0) is 17.6 Å². The van der Waals surface area contributed by atoms with Gasteiger partial charge in [-0.25, -0.2) is 0 Å². The summed E-state index contributed by atoms with van der Waals surface area (Å²) in [5, 5.41) is 2.66. The van der Waals surface area contributed by atoms with Crippen molar-refractivity contribution < 1.29 is 9.59 Å². The van der Waals surface area contributed by atoms with E-state index in [1.165, 1.54) is 17.5 Å². The van der Waals surface area contributed by atoms with Crippen molar-refractivity contribution in [2.45, 2.75) is 36.3 Å². The summed E-state index contributed by atoms with van der Waals surface area (Å²) in [6.07, 6.45) is 3.52. The van der Waals surface area contributed by atoms with Crippen molar-refractivity contribution in [2.24, 2.45) is 5.73 Å². The molecule has 0 saturated heterocycles. The molecular weight excluding hydrogens is 320 g/mol. The van der Waals surface area contributed by atoms with Gasteiger partial charge in [0.2, 0.25) is 11.8 Å². The highest BCUT2D eigenvalue weighted by Gasteiger charge is 2.17. The predicted octanol–water partition coefficient (Wildman–Crippen LogP) is 3.39. The van der Waals surface area contributed by atoms with Crippen LogP contribution in [0.4, 0.5) is 5.69 Å². The molecule has 3 rings (SSSR count). The number of anilines is 1. The van der Waals surface area contributed by atoms with E-state index in [0.29, 0.717) is 11.3 Å². The van der Waals surface area contributed by atoms with E-state index in [2.05, 4.69) is 23.5 Å². The number of nitrogens with two attached hydrogens (primary N) is 1. The summed E-state index contributed by atoms with van der Waals surface area (Å²) in [6.45, 7) is 1.89. The monoisotopic (exact) mass is 340 g/mol. The third kappa shape index (κ3) is 3.79. The lowest BCUT2D eigenvalue weighted by atomic mass is 10.1. The number of primary amides is 1. The number of fused-ring (bicyclic) bond motifs is 1. The van der Waals surface area contributed by atoms with Crippen LogP contribution in [0.2, 0.25) is 0 Å². The number of carbonyl (C=O) groups excluding carboxylic acids is 2. The highest BCUT2D eigenvalue weighted by Crippen LogP contribution is 2.30. The van der Waals surface area contributed by atoms with Gasteiger partial charge in [0.1, 0.15) is 0 Å². The number of rotatable bonds is 5. The lowest BCUT2D eigenvalue weighted by Crippen LogP contribution is -2.22. The highest BCUT2D eigenvalue weighted by atomic mass is 32.2. The summed E-state index contributed by atoms with van der Waals surface area (Å²) in [5.74, 6) is -0.541. The first-order valence-electron chi connectivity index (χ1n) is 8.02. The molecule has 24 heavy (non-hydrogen) atoms. The molecule has 0 aromatic heterocycles. The fourth-order valence-electron chi connectivity index (χ4n) is 2.84. The molecule has 0 aliphatic heterocycles. The number of hydrogen-bond acceptors (Lipinski definition) is 3. The van der Waals surface area contributed by atoms with E-state index in [9.17, 15) is 9.59 Å². The Hall–Kier alpha value is -2.27. The molecule has 0 heterocycles. The molecule has 2 aromatic carbocycles. The number of aryl methyl sites for hydroxylation is 2. The first-order chi connectivity index (χ1) is 11.5. The molecule has 2 aromatic rings. The second kappa shape index (κ2) is 7.09. The molecule has 1 aliphatic carbocycles. The predicted molar refractivity (Wildman–Crippen MR) is 97.4 cm³/mol. The van der Waals surface area contributed by atoms with Crippen molar-refractivity contribution in [3.63, 3.8) is 0 Å². The molecule has 0 radical (unpaired) electrons. The lowest BCUT2D eigenvalue weighted by molar-refractivity contribution is -0.115. The molecule has 1 atom stereocenters. The molecule has 2 amide bonds. The van der Waals surface area contributed by atoms with Crippen LogP contribution in [0.15, 0.2) is 47.4 Å². The van der Waals surface area contributed by atoms with Crippen LogP contribution in [0, 0.1) is 0 Å². The third-order valence-electron chi connectivity index (χ3n) is 4.19. The molecule has 124 valence electrons. The lowest BCUT2D eigenvalue weighted by Gasteiger charge is -2.13. The van der Waals surface area contributed by atoms with E-state index < -0.39 is 5.91 Å². The zero-order valence-corrected chi connectivity index (χ0v) is 14.4. The zero-order chi connectivity index (χ0) is 17.1. The topological polar surface area (TPSA) is 72.2 Å². The maximum atomic E-state index is 12.3. The van der Waals surface area contributed by atoms with Crippen LogP contribution in [-0.4, -0.2) is 17.1 Å². The van der Waals surface area contributed by atoms with Crippen LogP contribution in [0.3, 0.4) is 0 Å². The fourth-order valence-corrected chi connectivity index (χ4v) is 3.77. The Morgan fingerprint density at radius 3 is 2.50 bits per heavy atom. The molecular formula is C19H20N2O2S. The van der Waals surface area contributed by atoms with Crippen molar-refractivity contribution >= 4 is 29.3 Å². The molecule has 0 unspecified atom stereocenters. The van der Waals surface area contributed by atoms with Gasteiger partial charge in [0.05, 0.1) is 5.25 Å². The summed E-state index contributed by atoms with van der Waals surface area (Å²) < 4.78 is 0. The molecule has 4 nitrogen and oxygen atoms in total. The Balaban J connectivity index is 1.61. The van der Waals surface area contributed by atoms with Gasteiger partial charge in [-0.1, -0.05) is 6.07 Å². The number of thioether (sulfide) groups is 1. The zero-order valence-electron chi connectivity index (χ0n) is 13.5. The van der Waals surface area contributed by atoms with Crippen LogP contribution in [0.5, 0.6) is 0 Å². The summed E-state index contributed by atoms with van der Waals surface area (Å²) in [4.78, 5) is 24.5.